The van der Waals surface area contributed by atoms with Crippen molar-refractivity contribution < 1.29 is 24.4 Å². The van der Waals surface area contributed by atoms with E-state index in [4.69, 9.17) is 27.8 Å². The number of nitrogens with zero attached hydrogens (tertiary/aromatic N) is 2. The van der Waals surface area contributed by atoms with Gasteiger partial charge in [-0.25, -0.2) is 4.39 Å². The lowest BCUT2D eigenvalue weighted by molar-refractivity contribution is -0.0981. The molecule has 1 aliphatic heterocycles. The number of ether oxygens (including phenoxy) is 1. The average molecular weight is 291 g/mol. The molecular formula is C10H14FN3O4S. The molecular weight excluding hydrogens is 277 g/mol. The fourth-order valence-corrected chi connectivity index (χ4v) is 2.26. The summed E-state index contributed by atoms with van der Waals surface area (Å²) in [6.45, 7) is 0.806. The molecule has 5 N–H and O–H groups in total. The van der Waals surface area contributed by atoms with Gasteiger partial charge in [0.1, 0.15) is 17.8 Å². The Bertz CT molecular complexity index is 550. The Balaban J connectivity index is 2.48. The second-order valence-corrected chi connectivity index (χ2v) is 4.91. The first kappa shape index (κ1) is 14.3. The summed E-state index contributed by atoms with van der Waals surface area (Å²) in [7, 11) is 0. The molecule has 1 fully saturated rings. The molecule has 1 aromatic rings. The van der Waals surface area contributed by atoms with Crippen LogP contribution in [-0.2, 0) is 4.74 Å². The highest BCUT2D eigenvalue weighted by atomic mass is 32.1. The number of aliphatic hydroxyl groups is 3. The number of rotatable bonds is 2. The average Bonchev–Trinajstić information content (AvgIpc) is 2.56. The van der Waals surface area contributed by atoms with Crippen molar-refractivity contribution in [2.45, 2.75) is 31.0 Å². The van der Waals surface area contributed by atoms with Crippen molar-refractivity contribution >= 4 is 18.0 Å². The van der Waals surface area contributed by atoms with Crippen molar-refractivity contribution in [1.82, 2.24) is 9.55 Å². The zero-order valence-electron chi connectivity index (χ0n) is 10.0. The van der Waals surface area contributed by atoms with Gasteiger partial charge in [0, 0.05) is 6.20 Å². The third kappa shape index (κ3) is 2.23. The zero-order valence-corrected chi connectivity index (χ0v) is 10.8. The van der Waals surface area contributed by atoms with Crippen LogP contribution in [0.15, 0.2) is 6.20 Å². The number of nitrogens with two attached hydrogens (primary N) is 1. The van der Waals surface area contributed by atoms with Gasteiger partial charge in [-0.1, -0.05) is 0 Å². The lowest BCUT2D eigenvalue weighted by atomic mass is 9.96. The molecule has 4 atom stereocenters. The van der Waals surface area contributed by atoms with Gasteiger partial charge in [0.2, 0.25) is 4.77 Å². The maximum absolute atomic E-state index is 13.4. The molecule has 1 saturated heterocycles. The second kappa shape index (κ2) is 4.76. The molecule has 2 rings (SSSR count). The molecule has 0 aliphatic carbocycles. The van der Waals surface area contributed by atoms with E-state index in [1.54, 1.807) is 0 Å². The molecule has 0 amide bonds. The highest BCUT2D eigenvalue weighted by Gasteiger charge is 2.53. The topological polar surface area (TPSA) is 114 Å². The Kier molecular flexibility index (Phi) is 3.58. The van der Waals surface area contributed by atoms with Crippen LogP contribution in [0.4, 0.5) is 10.2 Å². The monoisotopic (exact) mass is 291 g/mol. The molecule has 0 aromatic carbocycles. The van der Waals surface area contributed by atoms with Gasteiger partial charge in [-0.2, -0.15) is 4.98 Å². The molecule has 1 aliphatic rings. The van der Waals surface area contributed by atoms with Crippen LogP contribution in [0.25, 0.3) is 0 Å². The van der Waals surface area contributed by atoms with Gasteiger partial charge in [0.05, 0.1) is 6.61 Å². The van der Waals surface area contributed by atoms with Crippen molar-refractivity contribution in [3.63, 3.8) is 0 Å². The van der Waals surface area contributed by atoms with Crippen LogP contribution in [0, 0.1) is 10.6 Å². The number of halogens is 1. The van der Waals surface area contributed by atoms with E-state index in [2.05, 4.69) is 4.98 Å². The number of anilines is 1. The second-order valence-electron chi connectivity index (χ2n) is 4.54. The van der Waals surface area contributed by atoms with Crippen LogP contribution in [0.5, 0.6) is 0 Å². The molecule has 0 radical (unpaired) electrons. The maximum Gasteiger partial charge on any atom is 0.203 e. The fraction of sp³-hybridized carbons (Fsp3) is 0.600. The minimum Gasteiger partial charge on any atom is -0.394 e. The van der Waals surface area contributed by atoms with Crippen molar-refractivity contribution in [2.24, 2.45) is 0 Å². The fourth-order valence-electron chi connectivity index (χ4n) is 2.02. The van der Waals surface area contributed by atoms with Gasteiger partial charge in [0.25, 0.3) is 0 Å². The van der Waals surface area contributed by atoms with E-state index in [1.165, 1.54) is 6.92 Å². The van der Waals surface area contributed by atoms with Gasteiger partial charge in [0.15, 0.2) is 17.9 Å². The van der Waals surface area contributed by atoms with E-state index < -0.39 is 36.5 Å². The standard InChI is InChI=1S/C10H14FN3O4S/c1-10(17)6(16)5(3-15)18-8(10)14-2-4(11)7(12)13-9(14)19/h2,5-6,8,15-17H,3H2,1H3,(H2,12,13,19). The Hall–Kier alpha value is -1.13. The van der Waals surface area contributed by atoms with E-state index in [0.29, 0.717) is 0 Å². The molecule has 106 valence electrons. The van der Waals surface area contributed by atoms with Gasteiger partial charge in [-0.3, -0.25) is 4.57 Å². The van der Waals surface area contributed by atoms with Gasteiger partial charge in [-0.05, 0) is 19.1 Å². The number of aliphatic hydroxyl groups excluding tert-OH is 2. The summed E-state index contributed by atoms with van der Waals surface area (Å²) in [5, 5.41) is 29.1. The van der Waals surface area contributed by atoms with Crippen LogP contribution in [0.2, 0.25) is 0 Å². The summed E-state index contributed by atoms with van der Waals surface area (Å²) in [5.41, 5.74) is 3.52. The molecule has 7 nitrogen and oxygen atoms in total. The highest BCUT2D eigenvalue weighted by Crippen LogP contribution is 2.38. The normalized spacial score (nSPS) is 34.7. The molecule has 1 aromatic heterocycles. The summed E-state index contributed by atoms with van der Waals surface area (Å²) in [6.07, 6.45) is -2.57. The summed E-state index contributed by atoms with van der Waals surface area (Å²) < 4.78 is 19.7. The van der Waals surface area contributed by atoms with Crippen LogP contribution in [-0.4, -0.2) is 49.3 Å². The molecule has 0 saturated carbocycles. The zero-order chi connectivity index (χ0) is 14.4. The van der Waals surface area contributed by atoms with Crippen molar-refractivity contribution in [2.75, 3.05) is 12.3 Å². The van der Waals surface area contributed by atoms with Crippen LogP contribution < -0.4 is 5.73 Å². The van der Waals surface area contributed by atoms with Crippen LogP contribution in [0.3, 0.4) is 0 Å². The molecule has 0 spiro atoms. The van der Waals surface area contributed by atoms with E-state index in [9.17, 15) is 14.6 Å². The number of hydrogen-bond acceptors (Lipinski definition) is 7. The SMILES string of the molecule is CC1(O)C(O)C(CO)OC1n1cc(F)c(N)nc1=S. The molecule has 9 heteroatoms. The highest BCUT2D eigenvalue weighted by molar-refractivity contribution is 7.71. The quantitative estimate of drug-likeness (QED) is 0.535. The molecule has 4 unspecified atom stereocenters. The first-order chi connectivity index (χ1) is 8.78. The number of hydrogen-bond donors (Lipinski definition) is 4. The van der Waals surface area contributed by atoms with Gasteiger partial charge in [-0.15, -0.1) is 0 Å². The minimum absolute atomic E-state index is 0.102. The summed E-state index contributed by atoms with van der Waals surface area (Å²) in [6, 6.07) is 0. The summed E-state index contributed by atoms with van der Waals surface area (Å²) >= 11 is 4.92. The third-order valence-electron chi connectivity index (χ3n) is 3.12. The smallest absolute Gasteiger partial charge is 0.203 e. The molecule has 19 heavy (non-hydrogen) atoms. The third-order valence-corrected chi connectivity index (χ3v) is 3.42. The van der Waals surface area contributed by atoms with E-state index in [-0.39, 0.29) is 10.6 Å². The first-order valence-corrected chi connectivity index (χ1v) is 5.90. The minimum atomic E-state index is -1.75. The predicted octanol–water partition coefficient (Wildman–Crippen LogP) is -0.665. The van der Waals surface area contributed by atoms with Gasteiger partial charge < -0.3 is 25.8 Å². The Morgan fingerprint density at radius 3 is 2.84 bits per heavy atom. The number of aromatic nitrogens is 2. The number of nitrogen functional groups attached to an aromatic ring is 1. The Morgan fingerprint density at radius 1 is 1.68 bits per heavy atom. The lowest BCUT2D eigenvalue weighted by Crippen LogP contribution is -2.44. The predicted molar refractivity (Wildman–Crippen MR) is 65.1 cm³/mol. The van der Waals surface area contributed by atoms with Crippen LogP contribution >= 0.6 is 12.2 Å². The van der Waals surface area contributed by atoms with Crippen LogP contribution in [0.1, 0.15) is 13.2 Å². The van der Waals surface area contributed by atoms with E-state index in [1.807, 2.05) is 0 Å². The van der Waals surface area contributed by atoms with Crippen molar-refractivity contribution in [3.8, 4) is 0 Å². The maximum atomic E-state index is 13.4. The summed E-state index contributed by atoms with van der Waals surface area (Å²) in [4.78, 5) is 3.60. The Labute approximate surface area is 113 Å². The largest absolute Gasteiger partial charge is 0.394 e. The molecule has 2 heterocycles. The van der Waals surface area contributed by atoms with E-state index in [0.717, 1.165) is 10.8 Å². The lowest BCUT2D eigenvalue weighted by Gasteiger charge is -2.28. The molecule has 0 bridgehead atoms. The summed E-state index contributed by atoms with van der Waals surface area (Å²) in [5.74, 6) is -1.19. The van der Waals surface area contributed by atoms with Crippen molar-refractivity contribution in [3.05, 3.63) is 16.8 Å². The first-order valence-electron chi connectivity index (χ1n) is 5.50. The van der Waals surface area contributed by atoms with E-state index >= 15 is 0 Å². The Morgan fingerprint density at radius 2 is 2.32 bits per heavy atom. The van der Waals surface area contributed by atoms with Crippen molar-refractivity contribution in [1.29, 1.82) is 0 Å². The van der Waals surface area contributed by atoms with Gasteiger partial charge >= 0.3 is 0 Å².